The Morgan fingerprint density at radius 3 is 2.89 bits per heavy atom. The van der Waals surface area contributed by atoms with Gasteiger partial charge in [0.1, 0.15) is 10.7 Å². The lowest BCUT2D eigenvalue weighted by Gasteiger charge is -2.04. The molecule has 0 fully saturated rings. The number of aromatic nitrogens is 1. The Labute approximate surface area is 123 Å². The van der Waals surface area contributed by atoms with Gasteiger partial charge in [-0.2, -0.15) is 0 Å². The van der Waals surface area contributed by atoms with Crippen molar-refractivity contribution in [2.24, 2.45) is 5.73 Å². The van der Waals surface area contributed by atoms with Crippen LogP contribution in [0.15, 0.2) is 5.38 Å². The number of ether oxygens (including phenoxy) is 2. The molecule has 0 bridgehead atoms. The molecule has 19 heavy (non-hydrogen) atoms. The van der Waals surface area contributed by atoms with E-state index < -0.39 is 0 Å². The molecular weight excluding hydrogens is 290 g/mol. The summed E-state index contributed by atoms with van der Waals surface area (Å²) in [6.07, 6.45) is 0.767. The molecule has 0 aliphatic rings. The monoisotopic (exact) mass is 309 g/mol. The predicted molar refractivity (Wildman–Crippen MR) is 76.9 cm³/mol. The van der Waals surface area contributed by atoms with Crippen LogP contribution in [-0.4, -0.2) is 44.4 Å². The van der Waals surface area contributed by atoms with Crippen LogP contribution in [0.2, 0.25) is 0 Å². The minimum atomic E-state index is -0.164. The minimum Gasteiger partial charge on any atom is -0.382 e. The van der Waals surface area contributed by atoms with E-state index in [2.05, 4.69) is 10.3 Å². The molecule has 3 N–H and O–H groups in total. The predicted octanol–water partition coefficient (Wildman–Crippen LogP) is 0.806. The van der Waals surface area contributed by atoms with Crippen LogP contribution in [0.25, 0.3) is 0 Å². The lowest BCUT2D eigenvalue weighted by Crippen LogP contribution is -2.25. The quantitative estimate of drug-likeness (QED) is 0.659. The van der Waals surface area contributed by atoms with Crippen LogP contribution in [0, 0.1) is 0 Å². The molecule has 0 spiro atoms. The Kier molecular flexibility index (Phi) is 10.7. The number of nitrogens with one attached hydrogen (secondary N) is 1. The van der Waals surface area contributed by atoms with Gasteiger partial charge in [-0.25, -0.2) is 4.98 Å². The third-order valence-electron chi connectivity index (χ3n) is 2.14. The molecule has 110 valence electrons. The van der Waals surface area contributed by atoms with Crippen molar-refractivity contribution in [3.63, 3.8) is 0 Å². The first-order chi connectivity index (χ1) is 8.77. The van der Waals surface area contributed by atoms with Gasteiger partial charge in [0.15, 0.2) is 0 Å². The summed E-state index contributed by atoms with van der Waals surface area (Å²) >= 11 is 1.40. The van der Waals surface area contributed by atoms with Gasteiger partial charge in [0.2, 0.25) is 0 Å². The number of thiazole rings is 1. The third-order valence-corrected chi connectivity index (χ3v) is 3.01. The first-order valence-electron chi connectivity index (χ1n) is 5.77. The summed E-state index contributed by atoms with van der Waals surface area (Å²) in [5, 5.41) is 5.26. The highest BCUT2D eigenvalue weighted by Crippen LogP contribution is 2.08. The first-order valence-corrected chi connectivity index (χ1v) is 6.65. The Morgan fingerprint density at radius 1 is 1.47 bits per heavy atom. The van der Waals surface area contributed by atoms with Crippen molar-refractivity contribution in [1.82, 2.24) is 10.3 Å². The molecule has 1 rings (SSSR count). The van der Waals surface area contributed by atoms with Crippen LogP contribution in [0.1, 0.15) is 21.9 Å². The molecule has 1 aromatic heterocycles. The van der Waals surface area contributed by atoms with E-state index in [4.69, 9.17) is 15.2 Å². The Balaban J connectivity index is 0.00000324. The summed E-state index contributed by atoms with van der Waals surface area (Å²) in [5.41, 5.74) is 5.86. The molecule has 0 unspecified atom stereocenters. The third kappa shape index (κ3) is 7.44. The van der Waals surface area contributed by atoms with Crippen molar-refractivity contribution >= 4 is 29.7 Å². The summed E-state index contributed by atoms with van der Waals surface area (Å²) < 4.78 is 10.1. The molecule has 0 saturated carbocycles. The molecular formula is C11H20ClN3O3S. The van der Waals surface area contributed by atoms with Crippen LogP contribution in [0.5, 0.6) is 0 Å². The van der Waals surface area contributed by atoms with E-state index in [0.717, 1.165) is 11.4 Å². The highest BCUT2D eigenvalue weighted by molar-refractivity contribution is 7.09. The molecule has 1 aromatic rings. The molecule has 8 heteroatoms. The van der Waals surface area contributed by atoms with E-state index in [1.165, 1.54) is 11.3 Å². The number of carbonyl (C=O) groups excluding carboxylic acids is 1. The molecule has 0 aliphatic carbocycles. The number of methoxy groups -OCH3 is 1. The average molecular weight is 310 g/mol. The topological polar surface area (TPSA) is 86.5 Å². The number of nitrogens with two attached hydrogens (primary N) is 1. The zero-order valence-electron chi connectivity index (χ0n) is 10.9. The number of hydrogen-bond donors (Lipinski definition) is 2. The van der Waals surface area contributed by atoms with Gasteiger partial charge < -0.3 is 20.5 Å². The van der Waals surface area contributed by atoms with Crippen LogP contribution in [-0.2, 0) is 16.0 Å². The fourth-order valence-electron chi connectivity index (χ4n) is 1.22. The number of halogens is 1. The first kappa shape index (κ1) is 18.3. The highest BCUT2D eigenvalue weighted by Gasteiger charge is 2.08. The largest absolute Gasteiger partial charge is 0.382 e. The number of rotatable bonds is 9. The molecule has 0 aliphatic heterocycles. The van der Waals surface area contributed by atoms with Crippen LogP contribution < -0.4 is 11.1 Å². The van der Waals surface area contributed by atoms with Crippen LogP contribution in [0.4, 0.5) is 0 Å². The molecule has 1 heterocycles. The van der Waals surface area contributed by atoms with Gasteiger partial charge in [0, 0.05) is 32.2 Å². The number of amides is 1. The zero-order valence-corrected chi connectivity index (χ0v) is 12.5. The van der Waals surface area contributed by atoms with Crippen molar-refractivity contribution in [3.8, 4) is 0 Å². The number of hydrogen-bond acceptors (Lipinski definition) is 6. The van der Waals surface area contributed by atoms with Gasteiger partial charge in [-0.15, -0.1) is 23.7 Å². The second kappa shape index (κ2) is 11.1. The van der Waals surface area contributed by atoms with Gasteiger partial charge in [-0.05, 0) is 6.42 Å². The molecule has 0 atom stereocenters. The summed E-state index contributed by atoms with van der Waals surface area (Å²) in [6, 6.07) is 0. The smallest absolute Gasteiger partial charge is 0.270 e. The maximum absolute atomic E-state index is 11.6. The Bertz CT molecular complexity index is 363. The summed E-state index contributed by atoms with van der Waals surface area (Å²) in [7, 11) is 1.63. The Hall–Kier alpha value is -0.730. The van der Waals surface area contributed by atoms with E-state index in [1.807, 2.05) is 0 Å². The summed E-state index contributed by atoms with van der Waals surface area (Å²) in [6.45, 7) is 2.71. The van der Waals surface area contributed by atoms with E-state index in [0.29, 0.717) is 38.6 Å². The van der Waals surface area contributed by atoms with Crippen molar-refractivity contribution in [2.75, 3.05) is 33.5 Å². The Morgan fingerprint density at radius 2 is 2.26 bits per heavy atom. The highest BCUT2D eigenvalue weighted by atomic mass is 35.5. The average Bonchev–Trinajstić information content (AvgIpc) is 2.86. The normalized spacial score (nSPS) is 10.0. The van der Waals surface area contributed by atoms with Crippen molar-refractivity contribution in [3.05, 3.63) is 16.1 Å². The SMILES string of the molecule is COCCOCCCNC(=O)c1csc(CN)n1.Cl. The van der Waals surface area contributed by atoms with E-state index >= 15 is 0 Å². The molecule has 0 radical (unpaired) electrons. The van der Waals surface area contributed by atoms with Crippen LogP contribution in [0.3, 0.4) is 0 Å². The molecule has 0 saturated heterocycles. The van der Waals surface area contributed by atoms with Gasteiger partial charge in [0.25, 0.3) is 5.91 Å². The maximum atomic E-state index is 11.6. The standard InChI is InChI=1S/C11H19N3O3S.ClH/c1-16-5-6-17-4-2-3-13-11(15)9-8-18-10(7-12)14-9;/h8H,2-7,12H2,1H3,(H,13,15);1H. The zero-order chi connectivity index (χ0) is 13.2. The molecule has 1 amide bonds. The number of nitrogens with zero attached hydrogens (tertiary/aromatic N) is 1. The summed E-state index contributed by atoms with van der Waals surface area (Å²) in [5.74, 6) is -0.164. The lowest BCUT2D eigenvalue weighted by atomic mass is 10.4. The van der Waals surface area contributed by atoms with E-state index in [9.17, 15) is 4.79 Å². The van der Waals surface area contributed by atoms with E-state index in [-0.39, 0.29) is 18.3 Å². The lowest BCUT2D eigenvalue weighted by molar-refractivity contribution is 0.0688. The maximum Gasteiger partial charge on any atom is 0.270 e. The van der Waals surface area contributed by atoms with Gasteiger partial charge in [-0.1, -0.05) is 0 Å². The van der Waals surface area contributed by atoms with Gasteiger partial charge in [-0.3, -0.25) is 4.79 Å². The number of carbonyl (C=O) groups is 1. The molecule has 0 aromatic carbocycles. The van der Waals surface area contributed by atoms with Crippen molar-refractivity contribution in [1.29, 1.82) is 0 Å². The fourth-order valence-corrected chi connectivity index (χ4v) is 1.87. The second-order valence-electron chi connectivity index (χ2n) is 3.55. The van der Waals surface area contributed by atoms with Crippen LogP contribution >= 0.6 is 23.7 Å². The summed E-state index contributed by atoms with van der Waals surface area (Å²) in [4.78, 5) is 15.7. The van der Waals surface area contributed by atoms with Gasteiger partial charge in [0.05, 0.1) is 13.2 Å². The van der Waals surface area contributed by atoms with Crippen molar-refractivity contribution in [2.45, 2.75) is 13.0 Å². The van der Waals surface area contributed by atoms with E-state index in [1.54, 1.807) is 12.5 Å². The second-order valence-corrected chi connectivity index (χ2v) is 4.49. The van der Waals surface area contributed by atoms with Gasteiger partial charge >= 0.3 is 0 Å². The van der Waals surface area contributed by atoms with Crippen molar-refractivity contribution < 1.29 is 14.3 Å². The minimum absolute atomic E-state index is 0. The fraction of sp³-hybridized carbons (Fsp3) is 0.636. The molecule has 6 nitrogen and oxygen atoms in total.